The Morgan fingerprint density at radius 2 is 1.86 bits per heavy atom. The van der Waals surface area contributed by atoms with Crippen molar-refractivity contribution in [3.05, 3.63) is 29.8 Å². The molecular weight excluding hydrogens is 362 g/mol. The number of carboxylic acids is 1. The fourth-order valence-electron chi connectivity index (χ4n) is 4.53. The van der Waals surface area contributed by atoms with Crippen LogP contribution in [0, 0.1) is 5.41 Å². The van der Waals surface area contributed by atoms with Gasteiger partial charge in [-0.1, -0.05) is 12.1 Å². The minimum absolute atomic E-state index is 0.0699. The van der Waals surface area contributed by atoms with Crippen molar-refractivity contribution in [3.63, 3.8) is 0 Å². The molecule has 1 N–H and O–H groups in total. The van der Waals surface area contributed by atoms with Gasteiger partial charge in [-0.3, -0.25) is 24.1 Å². The quantitative estimate of drug-likeness (QED) is 0.846. The number of rotatable bonds is 3. The zero-order valence-electron chi connectivity index (χ0n) is 16.0. The monoisotopic (exact) mass is 385 g/mol. The molecule has 2 saturated heterocycles. The lowest BCUT2D eigenvalue weighted by Gasteiger charge is -2.48. The van der Waals surface area contributed by atoms with Crippen molar-refractivity contribution in [2.75, 3.05) is 24.5 Å². The van der Waals surface area contributed by atoms with Gasteiger partial charge in [0.05, 0.1) is 16.7 Å². The number of anilines is 1. The SMILES string of the molecule is CC1(C(=O)O)CCN(C(=O)CN2C(=O)c3ccccc3N3C(=O)CCC23C)C1. The minimum Gasteiger partial charge on any atom is -0.481 e. The van der Waals surface area contributed by atoms with Crippen LogP contribution in [0.1, 0.15) is 43.5 Å². The number of nitrogens with zero attached hydrogens (tertiary/aromatic N) is 3. The zero-order valence-corrected chi connectivity index (χ0v) is 16.0. The van der Waals surface area contributed by atoms with Gasteiger partial charge in [-0.25, -0.2) is 0 Å². The summed E-state index contributed by atoms with van der Waals surface area (Å²) in [5, 5.41) is 9.39. The van der Waals surface area contributed by atoms with E-state index in [0.29, 0.717) is 37.1 Å². The standard InChI is InChI=1S/C20H23N3O5/c1-19(18(27)28)9-10-21(12-19)16(25)11-22-17(26)13-5-3-4-6-14(13)23-15(24)7-8-20(22,23)2/h3-6H,7-12H2,1-2H3,(H,27,28). The number of aliphatic carboxylic acids is 1. The average molecular weight is 385 g/mol. The number of carboxylic acid groups (broad SMARTS) is 1. The van der Waals surface area contributed by atoms with Gasteiger partial charge in [0.25, 0.3) is 5.91 Å². The summed E-state index contributed by atoms with van der Waals surface area (Å²) in [6.45, 7) is 3.73. The lowest BCUT2D eigenvalue weighted by molar-refractivity contribution is -0.147. The summed E-state index contributed by atoms with van der Waals surface area (Å²) in [6.07, 6.45) is 1.14. The van der Waals surface area contributed by atoms with E-state index in [2.05, 4.69) is 0 Å². The summed E-state index contributed by atoms with van der Waals surface area (Å²) in [7, 11) is 0. The van der Waals surface area contributed by atoms with Crippen molar-refractivity contribution in [3.8, 4) is 0 Å². The summed E-state index contributed by atoms with van der Waals surface area (Å²) in [4.78, 5) is 54.7. The number of para-hydroxylation sites is 1. The molecule has 3 aliphatic rings. The number of likely N-dealkylation sites (tertiary alicyclic amines) is 1. The van der Waals surface area contributed by atoms with Crippen molar-refractivity contribution in [1.82, 2.24) is 9.80 Å². The first-order valence-electron chi connectivity index (χ1n) is 9.43. The largest absolute Gasteiger partial charge is 0.481 e. The van der Waals surface area contributed by atoms with Crippen LogP contribution in [0.2, 0.25) is 0 Å². The van der Waals surface area contributed by atoms with Crippen molar-refractivity contribution in [2.45, 2.75) is 38.8 Å². The van der Waals surface area contributed by atoms with Gasteiger partial charge in [0.15, 0.2) is 0 Å². The van der Waals surface area contributed by atoms with Crippen LogP contribution in [0.25, 0.3) is 0 Å². The van der Waals surface area contributed by atoms with Gasteiger partial charge in [-0.15, -0.1) is 0 Å². The first-order valence-corrected chi connectivity index (χ1v) is 9.43. The highest BCUT2D eigenvalue weighted by molar-refractivity contribution is 6.11. The molecule has 8 nitrogen and oxygen atoms in total. The molecule has 3 amide bonds. The van der Waals surface area contributed by atoms with E-state index in [0.717, 1.165) is 0 Å². The molecule has 1 aromatic rings. The van der Waals surface area contributed by atoms with E-state index in [9.17, 15) is 24.3 Å². The Labute approximate surface area is 162 Å². The molecular formula is C20H23N3O5. The van der Waals surface area contributed by atoms with Crippen molar-refractivity contribution in [2.24, 2.45) is 5.41 Å². The molecule has 0 saturated carbocycles. The second-order valence-electron chi connectivity index (χ2n) is 8.29. The molecule has 2 fully saturated rings. The maximum Gasteiger partial charge on any atom is 0.311 e. The summed E-state index contributed by atoms with van der Waals surface area (Å²) in [5.74, 6) is -1.57. The Morgan fingerprint density at radius 3 is 2.54 bits per heavy atom. The van der Waals surface area contributed by atoms with E-state index in [4.69, 9.17) is 0 Å². The van der Waals surface area contributed by atoms with Crippen molar-refractivity contribution >= 4 is 29.4 Å². The molecule has 3 heterocycles. The van der Waals surface area contributed by atoms with Gasteiger partial charge < -0.3 is 14.9 Å². The molecule has 0 spiro atoms. The molecule has 1 aromatic carbocycles. The third kappa shape index (κ3) is 2.51. The number of carbonyl (C=O) groups excluding carboxylic acids is 3. The van der Waals surface area contributed by atoms with Crippen LogP contribution in [0.3, 0.4) is 0 Å². The first kappa shape index (κ1) is 18.5. The normalized spacial score (nSPS) is 29.1. The molecule has 3 aliphatic heterocycles. The molecule has 0 bridgehead atoms. The van der Waals surface area contributed by atoms with E-state index < -0.39 is 17.0 Å². The minimum atomic E-state index is -0.965. The van der Waals surface area contributed by atoms with Crippen LogP contribution in [0.4, 0.5) is 5.69 Å². The number of fused-ring (bicyclic) bond motifs is 3. The summed E-state index contributed by atoms with van der Waals surface area (Å²) < 4.78 is 0. The van der Waals surface area contributed by atoms with Crippen LogP contribution < -0.4 is 4.90 Å². The number of amides is 3. The summed E-state index contributed by atoms with van der Waals surface area (Å²) in [6, 6.07) is 6.94. The second kappa shape index (κ2) is 6.05. The number of benzene rings is 1. The highest BCUT2D eigenvalue weighted by Gasteiger charge is 2.54. The molecule has 28 heavy (non-hydrogen) atoms. The predicted molar refractivity (Wildman–Crippen MR) is 99.5 cm³/mol. The molecule has 2 atom stereocenters. The Bertz CT molecular complexity index is 900. The number of hydrogen-bond donors (Lipinski definition) is 1. The highest BCUT2D eigenvalue weighted by atomic mass is 16.4. The van der Waals surface area contributed by atoms with Crippen molar-refractivity contribution in [1.29, 1.82) is 0 Å². The van der Waals surface area contributed by atoms with E-state index in [1.807, 2.05) is 6.92 Å². The van der Waals surface area contributed by atoms with Gasteiger partial charge in [-0.05, 0) is 38.8 Å². The Morgan fingerprint density at radius 1 is 1.14 bits per heavy atom. The Kier molecular flexibility index (Phi) is 3.99. The Balaban J connectivity index is 1.63. The fraction of sp³-hybridized carbons (Fsp3) is 0.500. The fourth-order valence-corrected chi connectivity index (χ4v) is 4.53. The third-order valence-electron chi connectivity index (χ3n) is 6.38. The van der Waals surface area contributed by atoms with Crippen LogP contribution in [0.5, 0.6) is 0 Å². The molecule has 148 valence electrons. The van der Waals surface area contributed by atoms with Crippen LogP contribution in [-0.2, 0) is 14.4 Å². The van der Waals surface area contributed by atoms with E-state index in [1.165, 1.54) is 9.80 Å². The molecule has 4 rings (SSSR count). The summed E-state index contributed by atoms with van der Waals surface area (Å²) >= 11 is 0. The molecule has 0 aliphatic carbocycles. The average Bonchev–Trinajstić information content (AvgIpc) is 3.21. The van der Waals surface area contributed by atoms with Crippen molar-refractivity contribution < 1.29 is 24.3 Å². The highest BCUT2D eigenvalue weighted by Crippen LogP contribution is 2.44. The number of carbonyl (C=O) groups is 4. The van der Waals surface area contributed by atoms with E-state index >= 15 is 0 Å². The lowest BCUT2D eigenvalue weighted by Crippen LogP contribution is -2.64. The predicted octanol–water partition coefficient (Wildman–Crippen LogP) is 1.31. The lowest BCUT2D eigenvalue weighted by atomic mass is 9.90. The smallest absolute Gasteiger partial charge is 0.311 e. The van der Waals surface area contributed by atoms with E-state index in [-0.39, 0.29) is 30.8 Å². The topological polar surface area (TPSA) is 98.2 Å². The molecule has 0 aromatic heterocycles. The number of hydrogen-bond acceptors (Lipinski definition) is 4. The van der Waals surface area contributed by atoms with Crippen LogP contribution >= 0.6 is 0 Å². The molecule has 2 unspecified atom stereocenters. The van der Waals surface area contributed by atoms with Gasteiger partial charge in [0.1, 0.15) is 12.2 Å². The second-order valence-corrected chi connectivity index (χ2v) is 8.29. The van der Waals surface area contributed by atoms with E-state index in [1.54, 1.807) is 36.1 Å². The maximum atomic E-state index is 13.2. The van der Waals surface area contributed by atoms with Gasteiger partial charge in [0, 0.05) is 19.5 Å². The molecule has 0 radical (unpaired) electrons. The summed E-state index contributed by atoms with van der Waals surface area (Å²) in [5.41, 5.74) is -0.873. The maximum absolute atomic E-state index is 13.2. The van der Waals surface area contributed by atoms with Crippen LogP contribution in [0.15, 0.2) is 24.3 Å². The first-order chi connectivity index (χ1) is 13.2. The van der Waals surface area contributed by atoms with Gasteiger partial charge in [0.2, 0.25) is 11.8 Å². The third-order valence-corrected chi connectivity index (χ3v) is 6.38. The Hall–Kier alpha value is -2.90. The van der Waals surface area contributed by atoms with Gasteiger partial charge >= 0.3 is 5.97 Å². The van der Waals surface area contributed by atoms with Gasteiger partial charge in [-0.2, -0.15) is 0 Å². The van der Waals surface area contributed by atoms with Crippen LogP contribution in [-0.4, -0.2) is 63.9 Å². The molecule has 8 heteroatoms. The zero-order chi connectivity index (χ0) is 20.3.